The molecule has 1 aliphatic rings. The Morgan fingerprint density at radius 1 is 1.60 bits per heavy atom. The van der Waals surface area contributed by atoms with Crippen LogP contribution in [0.4, 0.5) is 0 Å². The summed E-state index contributed by atoms with van der Waals surface area (Å²) in [5.41, 5.74) is 0. The highest BCUT2D eigenvalue weighted by Gasteiger charge is 2.18. The molecule has 1 amide bonds. The minimum Gasteiger partial charge on any atom is -0.394 e. The highest BCUT2D eigenvalue weighted by atomic mass is 16.3. The molecule has 2 atom stereocenters. The molecule has 0 radical (unpaired) electrons. The van der Waals surface area contributed by atoms with Crippen LogP contribution in [0, 0.1) is 11.8 Å². The first-order chi connectivity index (χ1) is 7.13. The van der Waals surface area contributed by atoms with Crippen LogP contribution in [-0.2, 0) is 4.79 Å². The topological polar surface area (TPSA) is 49.3 Å². The lowest BCUT2D eigenvalue weighted by atomic mass is 10.0. The van der Waals surface area contributed by atoms with E-state index in [1.165, 1.54) is 0 Å². The van der Waals surface area contributed by atoms with Crippen LogP contribution in [-0.4, -0.2) is 23.7 Å². The van der Waals surface area contributed by atoms with Gasteiger partial charge < -0.3 is 10.4 Å². The molecule has 0 saturated heterocycles. The molecule has 15 heavy (non-hydrogen) atoms. The van der Waals surface area contributed by atoms with Gasteiger partial charge in [-0.05, 0) is 24.7 Å². The predicted octanol–water partition coefficient (Wildman–Crippen LogP) is 1.48. The second-order valence-electron chi connectivity index (χ2n) is 4.57. The number of hydrogen-bond donors (Lipinski definition) is 2. The van der Waals surface area contributed by atoms with Gasteiger partial charge in [-0.2, -0.15) is 0 Å². The van der Waals surface area contributed by atoms with Crippen molar-refractivity contribution in [3.8, 4) is 0 Å². The zero-order valence-electron chi connectivity index (χ0n) is 9.57. The van der Waals surface area contributed by atoms with Crippen molar-refractivity contribution in [1.82, 2.24) is 5.32 Å². The van der Waals surface area contributed by atoms with Crippen molar-refractivity contribution in [3.05, 3.63) is 12.2 Å². The van der Waals surface area contributed by atoms with E-state index < -0.39 is 0 Å². The van der Waals surface area contributed by atoms with E-state index in [4.69, 9.17) is 5.11 Å². The largest absolute Gasteiger partial charge is 0.394 e. The summed E-state index contributed by atoms with van der Waals surface area (Å²) in [6.07, 6.45) is 6.97. The van der Waals surface area contributed by atoms with E-state index in [0.717, 1.165) is 12.8 Å². The third-order valence-electron chi connectivity index (χ3n) is 2.91. The number of hydrogen-bond acceptors (Lipinski definition) is 2. The summed E-state index contributed by atoms with van der Waals surface area (Å²) < 4.78 is 0. The van der Waals surface area contributed by atoms with Gasteiger partial charge in [0.25, 0.3) is 0 Å². The first kappa shape index (κ1) is 12.2. The van der Waals surface area contributed by atoms with Gasteiger partial charge in [-0.1, -0.05) is 26.0 Å². The van der Waals surface area contributed by atoms with Crippen molar-refractivity contribution < 1.29 is 9.90 Å². The van der Waals surface area contributed by atoms with Gasteiger partial charge in [-0.25, -0.2) is 0 Å². The fourth-order valence-electron chi connectivity index (χ4n) is 1.79. The van der Waals surface area contributed by atoms with Crippen molar-refractivity contribution in [2.45, 2.75) is 39.2 Å². The number of aliphatic hydroxyl groups is 1. The van der Waals surface area contributed by atoms with Gasteiger partial charge in [-0.15, -0.1) is 0 Å². The molecular weight excluding hydrogens is 190 g/mol. The summed E-state index contributed by atoms with van der Waals surface area (Å²) in [6.45, 7) is 4.01. The number of allylic oxidation sites excluding steroid dienone is 2. The maximum Gasteiger partial charge on any atom is 0.220 e. The lowest BCUT2D eigenvalue weighted by molar-refractivity contribution is -0.123. The van der Waals surface area contributed by atoms with Crippen molar-refractivity contribution in [2.24, 2.45) is 11.8 Å². The van der Waals surface area contributed by atoms with Crippen molar-refractivity contribution in [2.75, 3.05) is 6.61 Å². The minimum absolute atomic E-state index is 0.0178. The monoisotopic (exact) mass is 211 g/mol. The zero-order valence-corrected chi connectivity index (χ0v) is 9.57. The van der Waals surface area contributed by atoms with E-state index in [0.29, 0.717) is 12.3 Å². The summed E-state index contributed by atoms with van der Waals surface area (Å²) >= 11 is 0. The molecule has 86 valence electrons. The molecule has 1 rings (SSSR count). The average Bonchev–Trinajstić information content (AvgIpc) is 2.66. The summed E-state index contributed by atoms with van der Waals surface area (Å²) in [5.74, 6) is 0.730. The lowest BCUT2D eigenvalue weighted by Crippen LogP contribution is -2.41. The Balaban J connectivity index is 2.30. The number of nitrogens with one attached hydrogen (secondary N) is 1. The van der Waals surface area contributed by atoms with Gasteiger partial charge in [-0.3, -0.25) is 4.79 Å². The van der Waals surface area contributed by atoms with Crippen LogP contribution in [0.5, 0.6) is 0 Å². The van der Waals surface area contributed by atoms with Crippen LogP contribution in [0.25, 0.3) is 0 Å². The molecule has 1 aliphatic carbocycles. The van der Waals surface area contributed by atoms with E-state index in [-0.39, 0.29) is 24.5 Å². The first-order valence-electron chi connectivity index (χ1n) is 5.70. The molecule has 0 fully saturated rings. The van der Waals surface area contributed by atoms with Crippen molar-refractivity contribution >= 4 is 5.91 Å². The van der Waals surface area contributed by atoms with Gasteiger partial charge in [0, 0.05) is 6.42 Å². The van der Waals surface area contributed by atoms with E-state index in [9.17, 15) is 4.79 Å². The van der Waals surface area contributed by atoms with Gasteiger partial charge in [0.05, 0.1) is 12.6 Å². The standard InChI is InChI=1S/C12H21NO2/c1-9(2)11(8-14)13-12(15)7-10-5-3-4-6-10/h3,5,9-11,14H,4,6-8H2,1-2H3,(H,13,15)/t10?,11-/m1/s1. The SMILES string of the molecule is CC(C)[C@@H](CO)NC(=O)CC1C=CCC1. The Hall–Kier alpha value is -0.830. The second kappa shape index (κ2) is 5.91. The third-order valence-corrected chi connectivity index (χ3v) is 2.91. The Bertz CT molecular complexity index is 236. The highest BCUT2D eigenvalue weighted by Crippen LogP contribution is 2.20. The van der Waals surface area contributed by atoms with Gasteiger partial charge >= 0.3 is 0 Å². The molecule has 1 unspecified atom stereocenters. The van der Waals surface area contributed by atoms with Gasteiger partial charge in [0.15, 0.2) is 0 Å². The Labute approximate surface area is 91.6 Å². The predicted molar refractivity (Wildman–Crippen MR) is 60.3 cm³/mol. The number of aliphatic hydroxyl groups excluding tert-OH is 1. The maximum absolute atomic E-state index is 11.6. The smallest absolute Gasteiger partial charge is 0.220 e. The van der Waals surface area contributed by atoms with E-state index >= 15 is 0 Å². The minimum atomic E-state index is -0.108. The molecule has 0 heterocycles. The highest BCUT2D eigenvalue weighted by molar-refractivity contribution is 5.76. The molecule has 0 aromatic rings. The fourth-order valence-corrected chi connectivity index (χ4v) is 1.79. The first-order valence-corrected chi connectivity index (χ1v) is 5.70. The number of carbonyl (C=O) groups is 1. The average molecular weight is 211 g/mol. The summed E-state index contributed by atoms with van der Waals surface area (Å²) in [5, 5.41) is 11.9. The van der Waals surface area contributed by atoms with Gasteiger partial charge in [0.1, 0.15) is 0 Å². The molecule has 3 nitrogen and oxygen atoms in total. The fraction of sp³-hybridized carbons (Fsp3) is 0.750. The van der Waals surface area contributed by atoms with E-state index in [1.807, 2.05) is 13.8 Å². The van der Waals surface area contributed by atoms with Crippen LogP contribution < -0.4 is 5.32 Å². The Morgan fingerprint density at radius 3 is 2.80 bits per heavy atom. The number of rotatable bonds is 5. The maximum atomic E-state index is 11.6. The molecule has 0 aliphatic heterocycles. The zero-order chi connectivity index (χ0) is 11.3. The van der Waals surface area contributed by atoms with Crippen molar-refractivity contribution in [3.63, 3.8) is 0 Å². The second-order valence-corrected chi connectivity index (χ2v) is 4.57. The molecule has 2 N–H and O–H groups in total. The van der Waals surface area contributed by atoms with Crippen molar-refractivity contribution in [1.29, 1.82) is 0 Å². The Kier molecular flexibility index (Phi) is 4.82. The van der Waals surface area contributed by atoms with Crippen LogP contribution in [0.2, 0.25) is 0 Å². The van der Waals surface area contributed by atoms with Crippen LogP contribution in [0.1, 0.15) is 33.1 Å². The van der Waals surface area contributed by atoms with Gasteiger partial charge in [0.2, 0.25) is 5.91 Å². The molecule has 0 aromatic heterocycles. The van der Waals surface area contributed by atoms with E-state index in [2.05, 4.69) is 17.5 Å². The normalized spacial score (nSPS) is 22.0. The van der Waals surface area contributed by atoms with Crippen LogP contribution in [0.3, 0.4) is 0 Å². The molecule has 0 saturated carbocycles. The number of carbonyl (C=O) groups excluding carboxylic acids is 1. The van der Waals surface area contributed by atoms with Crippen LogP contribution >= 0.6 is 0 Å². The lowest BCUT2D eigenvalue weighted by Gasteiger charge is -2.20. The van der Waals surface area contributed by atoms with Crippen LogP contribution in [0.15, 0.2) is 12.2 Å². The number of amides is 1. The summed E-state index contributed by atoms with van der Waals surface area (Å²) in [4.78, 5) is 11.6. The Morgan fingerprint density at radius 2 is 2.33 bits per heavy atom. The third kappa shape index (κ3) is 4.04. The molecule has 0 bridgehead atoms. The molecular formula is C12H21NO2. The van der Waals surface area contributed by atoms with E-state index in [1.54, 1.807) is 0 Å². The summed E-state index contributed by atoms with van der Waals surface area (Å²) in [6, 6.07) is -0.108. The quantitative estimate of drug-likeness (QED) is 0.677. The molecule has 0 aromatic carbocycles. The molecule has 3 heteroatoms. The summed E-state index contributed by atoms with van der Waals surface area (Å²) in [7, 11) is 0. The molecule has 0 spiro atoms.